The van der Waals surface area contributed by atoms with E-state index in [2.05, 4.69) is 19.2 Å². The molecule has 4 heteroatoms. The molecule has 114 valence electrons. The molecule has 0 radical (unpaired) electrons. The van der Waals surface area contributed by atoms with Crippen molar-refractivity contribution in [2.75, 3.05) is 19.8 Å². The zero-order valence-electron chi connectivity index (χ0n) is 12.9. The van der Waals surface area contributed by atoms with E-state index in [1.54, 1.807) is 0 Å². The SMILES string of the molecule is CC(C)c1ccc(OCC(O)CNC(C)(C)CO)cc1. The zero-order chi connectivity index (χ0) is 15.2. The van der Waals surface area contributed by atoms with Crippen LogP contribution in [0.4, 0.5) is 0 Å². The topological polar surface area (TPSA) is 61.7 Å². The van der Waals surface area contributed by atoms with E-state index in [4.69, 9.17) is 9.84 Å². The quantitative estimate of drug-likeness (QED) is 0.681. The third-order valence-corrected chi connectivity index (χ3v) is 3.20. The van der Waals surface area contributed by atoms with Gasteiger partial charge < -0.3 is 20.3 Å². The van der Waals surface area contributed by atoms with Gasteiger partial charge in [-0.1, -0.05) is 26.0 Å². The van der Waals surface area contributed by atoms with E-state index in [9.17, 15) is 5.11 Å². The molecule has 1 rings (SSSR count). The highest BCUT2D eigenvalue weighted by Crippen LogP contribution is 2.18. The molecule has 0 aliphatic carbocycles. The molecule has 0 saturated carbocycles. The lowest BCUT2D eigenvalue weighted by atomic mass is 10.0. The standard InChI is InChI=1S/C16H27NO3/c1-12(2)13-5-7-15(8-6-13)20-10-14(19)9-17-16(3,4)11-18/h5-8,12,14,17-19H,9-11H2,1-4H3. The van der Waals surface area contributed by atoms with Crippen molar-refractivity contribution in [2.24, 2.45) is 0 Å². The summed E-state index contributed by atoms with van der Waals surface area (Å²) in [4.78, 5) is 0. The Morgan fingerprint density at radius 1 is 1.20 bits per heavy atom. The summed E-state index contributed by atoms with van der Waals surface area (Å²) in [5.41, 5.74) is 0.879. The maximum absolute atomic E-state index is 9.84. The van der Waals surface area contributed by atoms with Crippen molar-refractivity contribution >= 4 is 0 Å². The molecule has 0 aliphatic rings. The molecule has 0 heterocycles. The maximum Gasteiger partial charge on any atom is 0.119 e. The Morgan fingerprint density at radius 3 is 2.30 bits per heavy atom. The summed E-state index contributed by atoms with van der Waals surface area (Å²) in [5, 5.41) is 22.0. The molecule has 1 unspecified atom stereocenters. The fourth-order valence-electron chi connectivity index (χ4n) is 1.65. The van der Waals surface area contributed by atoms with Crippen molar-refractivity contribution in [3.63, 3.8) is 0 Å². The first-order valence-electron chi connectivity index (χ1n) is 7.11. The Bertz CT molecular complexity index is 387. The smallest absolute Gasteiger partial charge is 0.119 e. The van der Waals surface area contributed by atoms with Gasteiger partial charge >= 0.3 is 0 Å². The summed E-state index contributed by atoms with van der Waals surface area (Å²) >= 11 is 0. The number of aliphatic hydroxyl groups excluding tert-OH is 2. The first kappa shape index (κ1) is 17.0. The minimum atomic E-state index is -0.606. The van der Waals surface area contributed by atoms with E-state index in [-0.39, 0.29) is 18.8 Å². The van der Waals surface area contributed by atoms with E-state index in [1.165, 1.54) is 5.56 Å². The number of β-amino-alcohol motifs (C(OH)–C–C–N with tert-alkyl or cyclic N) is 1. The molecule has 4 nitrogen and oxygen atoms in total. The number of hydrogen-bond acceptors (Lipinski definition) is 4. The van der Waals surface area contributed by atoms with Gasteiger partial charge in [-0.05, 0) is 37.5 Å². The first-order chi connectivity index (χ1) is 9.34. The van der Waals surface area contributed by atoms with E-state index < -0.39 is 6.10 Å². The minimum Gasteiger partial charge on any atom is -0.491 e. The van der Waals surface area contributed by atoms with Crippen molar-refractivity contribution < 1.29 is 14.9 Å². The number of ether oxygens (including phenoxy) is 1. The van der Waals surface area contributed by atoms with Crippen LogP contribution >= 0.6 is 0 Å². The molecular weight excluding hydrogens is 254 g/mol. The normalized spacial score (nSPS) is 13.6. The molecule has 0 aliphatic heterocycles. The Labute approximate surface area is 121 Å². The Kier molecular flexibility index (Phi) is 6.46. The lowest BCUT2D eigenvalue weighted by Gasteiger charge is -2.25. The highest BCUT2D eigenvalue weighted by molar-refractivity contribution is 5.28. The van der Waals surface area contributed by atoms with E-state index >= 15 is 0 Å². The fourth-order valence-corrected chi connectivity index (χ4v) is 1.65. The third kappa shape index (κ3) is 5.90. The molecule has 0 saturated heterocycles. The van der Waals surface area contributed by atoms with Gasteiger partial charge in [0.15, 0.2) is 0 Å². The van der Waals surface area contributed by atoms with Crippen molar-refractivity contribution in [1.82, 2.24) is 5.32 Å². The van der Waals surface area contributed by atoms with Gasteiger partial charge in [0.25, 0.3) is 0 Å². The monoisotopic (exact) mass is 281 g/mol. The lowest BCUT2D eigenvalue weighted by Crippen LogP contribution is -2.47. The summed E-state index contributed by atoms with van der Waals surface area (Å²) in [6.45, 7) is 8.70. The molecular formula is C16H27NO3. The summed E-state index contributed by atoms with van der Waals surface area (Å²) in [7, 11) is 0. The molecule has 0 spiro atoms. The molecule has 0 fully saturated rings. The van der Waals surface area contributed by atoms with Crippen LogP contribution in [0, 0.1) is 0 Å². The molecule has 1 atom stereocenters. The number of nitrogens with one attached hydrogen (secondary N) is 1. The number of aliphatic hydroxyl groups is 2. The van der Waals surface area contributed by atoms with Gasteiger partial charge in [-0.2, -0.15) is 0 Å². The Hall–Kier alpha value is -1.10. The van der Waals surface area contributed by atoms with Gasteiger partial charge in [0.1, 0.15) is 18.5 Å². The Morgan fingerprint density at radius 2 is 1.80 bits per heavy atom. The summed E-state index contributed by atoms with van der Waals surface area (Å²) in [6.07, 6.45) is -0.606. The highest BCUT2D eigenvalue weighted by Gasteiger charge is 2.17. The van der Waals surface area contributed by atoms with Gasteiger partial charge in [-0.3, -0.25) is 0 Å². The van der Waals surface area contributed by atoms with E-state index in [0.29, 0.717) is 12.5 Å². The van der Waals surface area contributed by atoms with Crippen LogP contribution in [-0.2, 0) is 0 Å². The molecule has 1 aromatic rings. The molecule has 20 heavy (non-hydrogen) atoms. The largest absolute Gasteiger partial charge is 0.491 e. The summed E-state index contributed by atoms with van der Waals surface area (Å²) in [6, 6.07) is 7.93. The summed E-state index contributed by atoms with van der Waals surface area (Å²) < 4.78 is 5.55. The first-order valence-corrected chi connectivity index (χ1v) is 7.11. The van der Waals surface area contributed by atoms with Crippen LogP contribution in [0.3, 0.4) is 0 Å². The van der Waals surface area contributed by atoms with Gasteiger partial charge in [-0.25, -0.2) is 0 Å². The number of hydrogen-bond donors (Lipinski definition) is 3. The minimum absolute atomic E-state index is 0.0250. The average molecular weight is 281 g/mol. The predicted molar refractivity (Wildman–Crippen MR) is 81.2 cm³/mol. The van der Waals surface area contributed by atoms with E-state index in [0.717, 1.165) is 5.75 Å². The van der Waals surface area contributed by atoms with Crippen LogP contribution in [0.2, 0.25) is 0 Å². The average Bonchev–Trinajstić information content (AvgIpc) is 2.43. The van der Waals surface area contributed by atoms with Crippen molar-refractivity contribution in [3.8, 4) is 5.75 Å². The second kappa shape index (κ2) is 7.62. The second-order valence-electron chi connectivity index (χ2n) is 6.11. The molecule has 3 N–H and O–H groups in total. The molecule has 0 bridgehead atoms. The van der Waals surface area contributed by atoms with Crippen molar-refractivity contribution in [3.05, 3.63) is 29.8 Å². The van der Waals surface area contributed by atoms with Crippen molar-refractivity contribution in [2.45, 2.75) is 45.3 Å². The van der Waals surface area contributed by atoms with Gasteiger partial charge in [0.2, 0.25) is 0 Å². The molecule has 0 amide bonds. The van der Waals surface area contributed by atoms with Gasteiger partial charge in [0, 0.05) is 12.1 Å². The predicted octanol–water partition coefficient (Wildman–Crippen LogP) is 1.91. The van der Waals surface area contributed by atoms with Crippen LogP contribution in [0.5, 0.6) is 5.75 Å². The van der Waals surface area contributed by atoms with Crippen LogP contribution in [0.1, 0.15) is 39.2 Å². The van der Waals surface area contributed by atoms with Gasteiger partial charge in [-0.15, -0.1) is 0 Å². The second-order valence-corrected chi connectivity index (χ2v) is 6.11. The van der Waals surface area contributed by atoms with E-state index in [1.807, 2.05) is 38.1 Å². The van der Waals surface area contributed by atoms with Crippen LogP contribution in [0.15, 0.2) is 24.3 Å². The van der Waals surface area contributed by atoms with Crippen LogP contribution in [0.25, 0.3) is 0 Å². The number of rotatable bonds is 8. The zero-order valence-corrected chi connectivity index (χ0v) is 12.9. The summed E-state index contributed by atoms with van der Waals surface area (Å²) in [5.74, 6) is 1.26. The molecule has 0 aromatic heterocycles. The highest BCUT2D eigenvalue weighted by atomic mass is 16.5. The van der Waals surface area contributed by atoms with Crippen LogP contribution in [-0.4, -0.2) is 41.6 Å². The lowest BCUT2D eigenvalue weighted by molar-refractivity contribution is 0.0906. The maximum atomic E-state index is 9.84. The third-order valence-electron chi connectivity index (χ3n) is 3.20. The van der Waals surface area contributed by atoms with Crippen molar-refractivity contribution in [1.29, 1.82) is 0 Å². The Balaban J connectivity index is 2.35. The fraction of sp³-hybridized carbons (Fsp3) is 0.625. The van der Waals surface area contributed by atoms with Crippen LogP contribution < -0.4 is 10.1 Å². The number of benzene rings is 1. The van der Waals surface area contributed by atoms with Gasteiger partial charge in [0.05, 0.1) is 6.61 Å². The molecule has 1 aromatic carbocycles.